The maximum atomic E-state index is 11.9. The van der Waals surface area contributed by atoms with Gasteiger partial charge in [-0.1, -0.05) is 18.7 Å². The fraction of sp³-hybridized carbons (Fsp3) is 0.200. The van der Waals surface area contributed by atoms with E-state index in [1.54, 1.807) is 12.4 Å². The van der Waals surface area contributed by atoms with Crippen LogP contribution in [0.4, 0.5) is 0 Å². The maximum absolute atomic E-state index is 11.9. The summed E-state index contributed by atoms with van der Waals surface area (Å²) in [4.78, 5) is 16.0. The van der Waals surface area contributed by atoms with Crippen molar-refractivity contribution in [3.63, 3.8) is 0 Å². The van der Waals surface area contributed by atoms with E-state index in [0.29, 0.717) is 17.8 Å². The molecule has 3 aromatic heterocycles. The summed E-state index contributed by atoms with van der Waals surface area (Å²) >= 11 is 1.49. The van der Waals surface area contributed by atoms with Gasteiger partial charge in [-0.3, -0.25) is 4.98 Å². The van der Waals surface area contributed by atoms with Gasteiger partial charge in [0.25, 0.3) is 0 Å². The van der Waals surface area contributed by atoms with Gasteiger partial charge in [0.1, 0.15) is 11.3 Å². The van der Waals surface area contributed by atoms with Crippen LogP contribution in [-0.4, -0.2) is 24.9 Å². The van der Waals surface area contributed by atoms with Crippen molar-refractivity contribution in [2.75, 3.05) is 0 Å². The summed E-state index contributed by atoms with van der Waals surface area (Å²) in [5.41, 5.74) is 2.52. The van der Waals surface area contributed by atoms with E-state index in [1.807, 2.05) is 36.7 Å². The topological polar surface area (TPSA) is 94.0 Å². The first-order valence-electron chi connectivity index (χ1n) is 8.78. The van der Waals surface area contributed by atoms with Gasteiger partial charge in [0, 0.05) is 48.3 Å². The van der Waals surface area contributed by atoms with Gasteiger partial charge in [0.05, 0.1) is 0 Å². The summed E-state index contributed by atoms with van der Waals surface area (Å²) in [6, 6.07) is 8.64. The lowest BCUT2D eigenvalue weighted by molar-refractivity contribution is 0.466. The second-order valence-corrected chi connectivity index (χ2v) is 7.25. The summed E-state index contributed by atoms with van der Waals surface area (Å²) in [6.45, 7) is 1.97. The van der Waals surface area contributed by atoms with Gasteiger partial charge in [-0.05, 0) is 35.7 Å². The van der Waals surface area contributed by atoms with Crippen LogP contribution < -0.4 is 5.63 Å². The average molecular weight is 394 g/mol. The zero-order chi connectivity index (χ0) is 19.7. The smallest absolute Gasteiger partial charge is 0.336 e. The van der Waals surface area contributed by atoms with Crippen LogP contribution in [0.25, 0.3) is 22.4 Å². The van der Waals surface area contributed by atoms with Crippen molar-refractivity contribution in [2.24, 2.45) is 7.05 Å². The van der Waals surface area contributed by atoms with Gasteiger partial charge >= 0.3 is 5.63 Å². The third-order valence-corrected chi connectivity index (χ3v) is 5.61. The molecule has 28 heavy (non-hydrogen) atoms. The largest absolute Gasteiger partial charge is 0.508 e. The van der Waals surface area contributed by atoms with Crippen LogP contribution in [0, 0.1) is 0 Å². The van der Waals surface area contributed by atoms with E-state index in [9.17, 15) is 9.90 Å². The molecule has 0 spiro atoms. The van der Waals surface area contributed by atoms with Gasteiger partial charge in [0.2, 0.25) is 0 Å². The number of aromatic nitrogens is 4. The Morgan fingerprint density at radius 1 is 1.14 bits per heavy atom. The lowest BCUT2D eigenvalue weighted by Gasteiger charge is -2.08. The van der Waals surface area contributed by atoms with Gasteiger partial charge in [0.15, 0.2) is 11.0 Å². The molecular weight excluding hydrogens is 376 g/mol. The molecule has 1 N–H and O–H groups in total. The molecule has 3 heterocycles. The van der Waals surface area contributed by atoms with Crippen molar-refractivity contribution in [3.05, 3.63) is 64.3 Å². The number of rotatable bonds is 5. The van der Waals surface area contributed by atoms with Crippen LogP contribution in [0.15, 0.2) is 57.1 Å². The normalized spacial score (nSPS) is 11.2. The number of aryl methyl sites for hydroxylation is 1. The fourth-order valence-corrected chi connectivity index (χ4v) is 3.95. The van der Waals surface area contributed by atoms with Crippen LogP contribution in [0.2, 0.25) is 0 Å². The van der Waals surface area contributed by atoms with E-state index < -0.39 is 5.63 Å². The van der Waals surface area contributed by atoms with Crippen molar-refractivity contribution in [1.82, 2.24) is 19.7 Å². The predicted molar refractivity (Wildman–Crippen MR) is 107 cm³/mol. The standard InChI is InChI=1S/C20H18N4O3S/c1-3-12-8-15-14(9-18(26)27-17(15)10-16(12)25)11-28-20-23-22-19(24(20)2)13-4-6-21-7-5-13/h4-10,25H,3,11H2,1-2H3. The van der Waals surface area contributed by atoms with Crippen molar-refractivity contribution in [1.29, 1.82) is 0 Å². The summed E-state index contributed by atoms with van der Waals surface area (Å²) in [6.07, 6.45) is 4.12. The van der Waals surface area contributed by atoms with Crippen LogP contribution in [0.3, 0.4) is 0 Å². The molecule has 0 saturated heterocycles. The zero-order valence-corrected chi connectivity index (χ0v) is 16.2. The van der Waals surface area contributed by atoms with E-state index in [1.165, 1.54) is 23.9 Å². The number of thioether (sulfide) groups is 1. The second kappa shape index (κ2) is 7.47. The first kappa shape index (κ1) is 18.2. The number of hydrogen-bond acceptors (Lipinski definition) is 7. The van der Waals surface area contributed by atoms with Gasteiger partial charge in [-0.2, -0.15) is 0 Å². The Bertz CT molecular complexity index is 1200. The van der Waals surface area contributed by atoms with Crippen LogP contribution in [0.1, 0.15) is 18.1 Å². The number of fused-ring (bicyclic) bond motifs is 1. The third-order valence-electron chi connectivity index (χ3n) is 4.54. The molecule has 8 heteroatoms. The molecule has 0 aliphatic carbocycles. The molecule has 0 saturated carbocycles. The number of phenols is 1. The molecule has 1 aromatic carbocycles. The van der Waals surface area contributed by atoms with E-state index in [4.69, 9.17) is 4.42 Å². The number of aromatic hydroxyl groups is 1. The number of benzene rings is 1. The molecular formula is C20H18N4O3S. The Labute approximate surface area is 165 Å². The highest BCUT2D eigenvalue weighted by Gasteiger charge is 2.14. The summed E-state index contributed by atoms with van der Waals surface area (Å²) < 4.78 is 7.17. The third kappa shape index (κ3) is 3.38. The minimum atomic E-state index is -0.442. The van der Waals surface area contributed by atoms with E-state index in [0.717, 1.165) is 33.1 Å². The van der Waals surface area contributed by atoms with Crippen molar-refractivity contribution < 1.29 is 9.52 Å². The monoisotopic (exact) mass is 394 g/mol. The first-order valence-corrected chi connectivity index (χ1v) is 9.76. The molecule has 0 aliphatic rings. The summed E-state index contributed by atoms with van der Waals surface area (Å²) in [5.74, 6) is 1.41. The molecule has 4 aromatic rings. The van der Waals surface area contributed by atoms with Crippen LogP contribution >= 0.6 is 11.8 Å². The molecule has 0 fully saturated rings. The van der Waals surface area contributed by atoms with Crippen molar-refractivity contribution >= 4 is 22.7 Å². The highest BCUT2D eigenvalue weighted by Crippen LogP contribution is 2.31. The molecule has 0 unspecified atom stereocenters. The van der Waals surface area contributed by atoms with E-state index in [-0.39, 0.29) is 5.75 Å². The molecule has 0 amide bonds. The molecule has 142 valence electrons. The highest BCUT2D eigenvalue weighted by atomic mass is 32.2. The molecule has 4 rings (SSSR count). The lowest BCUT2D eigenvalue weighted by atomic mass is 10.1. The number of hydrogen-bond donors (Lipinski definition) is 1. The number of pyridine rings is 1. The van der Waals surface area contributed by atoms with Gasteiger partial charge in [-0.25, -0.2) is 4.79 Å². The highest BCUT2D eigenvalue weighted by molar-refractivity contribution is 7.98. The Morgan fingerprint density at radius 2 is 1.93 bits per heavy atom. The van der Waals surface area contributed by atoms with Crippen LogP contribution in [0.5, 0.6) is 5.75 Å². The Morgan fingerprint density at radius 3 is 2.68 bits per heavy atom. The van der Waals surface area contributed by atoms with Crippen molar-refractivity contribution in [2.45, 2.75) is 24.3 Å². The maximum Gasteiger partial charge on any atom is 0.336 e. The van der Waals surface area contributed by atoms with Crippen molar-refractivity contribution in [3.8, 4) is 17.1 Å². The number of phenolic OH excluding ortho intramolecular Hbond substituents is 1. The lowest BCUT2D eigenvalue weighted by Crippen LogP contribution is -2.01. The van der Waals surface area contributed by atoms with Gasteiger partial charge < -0.3 is 14.1 Å². The summed E-state index contributed by atoms with van der Waals surface area (Å²) in [5, 5.41) is 20.1. The van der Waals surface area contributed by atoms with E-state index in [2.05, 4.69) is 15.2 Å². The van der Waals surface area contributed by atoms with Crippen LogP contribution in [-0.2, 0) is 19.2 Å². The fourth-order valence-electron chi connectivity index (χ4n) is 3.05. The molecule has 0 radical (unpaired) electrons. The van der Waals surface area contributed by atoms with E-state index >= 15 is 0 Å². The minimum absolute atomic E-state index is 0.137. The molecule has 0 aliphatic heterocycles. The number of nitrogens with zero attached hydrogens (tertiary/aromatic N) is 4. The Hall–Kier alpha value is -3.13. The average Bonchev–Trinajstić information content (AvgIpc) is 3.06. The SMILES string of the molecule is CCc1cc2c(CSc3nnc(-c4ccncc4)n3C)cc(=O)oc2cc1O. The minimum Gasteiger partial charge on any atom is -0.508 e. The molecule has 7 nitrogen and oxygen atoms in total. The zero-order valence-electron chi connectivity index (χ0n) is 15.4. The Kier molecular flexibility index (Phi) is 4.87. The molecule has 0 atom stereocenters. The quantitative estimate of drug-likeness (QED) is 0.409. The summed E-state index contributed by atoms with van der Waals surface area (Å²) in [7, 11) is 1.91. The van der Waals surface area contributed by atoms with Gasteiger partial charge in [-0.15, -0.1) is 10.2 Å². The predicted octanol–water partition coefficient (Wildman–Crippen LogP) is 3.54. The second-order valence-electron chi connectivity index (χ2n) is 6.31. The first-order chi connectivity index (χ1) is 13.6. The molecule has 0 bridgehead atoms. The Balaban J connectivity index is 1.66.